The van der Waals surface area contributed by atoms with E-state index in [1.165, 1.54) is 0 Å². The summed E-state index contributed by atoms with van der Waals surface area (Å²) in [7, 11) is 0. The molecule has 1 aromatic rings. The summed E-state index contributed by atoms with van der Waals surface area (Å²) in [5.74, 6) is 0.959. The molecule has 0 aliphatic heterocycles. The zero-order valence-corrected chi connectivity index (χ0v) is 10.1. The van der Waals surface area contributed by atoms with Gasteiger partial charge in [-0.05, 0) is 12.3 Å². The second kappa shape index (κ2) is 5.56. The number of H-pyrrole nitrogens is 1. The molecule has 3 N–H and O–H groups in total. The molecule has 1 aliphatic rings. The third kappa shape index (κ3) is 3.51. The Balaban J connectivity index is 1.56. The number of aromatic amines is 1. The normalized spacial score (nSPS) is 21.4. The lowest BCUT2D eigenvalue weighted by molar-refractivity contribution is -0.123. The van der Waals surface area contributed by atoms with Gasteiger partial charge in [0.1, 0.15) is 0 Å². The summed E-state index contributed by atoms with van der Waals surface area (Å²) in [6, 6.07) is 0. The van der Waals surface area contributed by atoms with Crippen LogP contribution < -0.4 is 10.6 Å². The van der Waals surface area contributed by atoms with Gasteiger partial charge in [-0.3, -0.25) is 9.59 Å². The molecule has 1 heterocycles. The third-order valence-corrected chi connectivity index (χ3v) is 2.93. The second-order valence-electron chi connectivity index (χ2n) is 4.47. The first-order valence-corrected chi connectivity index (χ1v) is 5.93. The molecule has 1 fully saturated rings. The molecule has 8 nitrogen and oxygen atoms in total. The minimum absolute atomic E-state index is 0.0495. The second-order valence-corrected chi connectivity index (χ2v) is 4.47. The maximum Gasteiger partial charge on any atom is 0.223 e. The zero-order chi connectivity index (χ0) is 13.0. The lowest BCUT2D eigenvalue weighted by Gasteiger charge is -2.04. The average molecular weight is 252 g/mol. The number of nitrogens with zero attached hydrogens (tertiary/aromatic N) is 3. The minimum Gasteiger partial charge on any atom is -0.355 e. The molecule has 0 aromatic carbocycles. The first kappa shape index (κ1) is 12.5. The summed E-state index contributed by atoms with van der Waals surface area (Å²) in [5.41, 5.74) is 0. The fourth-order valence-electron chi connectivity index (χ4n) is 1.64. The van der Waals surface area contributed by atoms with Crippen LogP contribution in [0.1, 0.15) is 25.6 Å². The number of carbonyl (C=O) groups excluding carboxylic acids is 2. The molecule has 8 heteroatoms. The average Bonchev–Trinajstić information content (AvgIpc) is 2.88. The Hall–Kier alpha value is -1.99. The SMILES string of the molecule is CC1CC1C(=O)NCCC(=O)NCc1nn[nH]n1. The summed E-state index contributed by atoms with van der Waals surface area (Å²) >= 11 is 0. The van der Waals surface area contributed by atoms with Crippen molar-refractivity contribution < 1.29 is 9.59 Å². The molecule has 0 saturated heterocycles. The number of tetrazole rings is 1. The Morgan fingerprint density at radius 1 is 1.44 bits per heavy atom. The lowest BCUT2D eigenvalue weighted by Crippen LogP contribution is -2.31. The van der Waals surface area contributed by atoms with Crippen LogP contribution in [0.15, 0.2) is 0 Å². The van der Waals surface area contributed by atoms with Crippen molar-refractivity contribution in [3.63, 3.8) is 0 Å². The molecule has 0 spiro atoms. The molecule has 2 rings (SSSR count). The van der Waals surface area contributed by atoms with Gasteiger partial charge in [0.2, 0.25) is 11.8 Å². The highest BCUT2D eigenvalue weighted by molar-refractivity contribution is 5.82. The van der Waals surface area contributed by atoms with Crippen molar-refractivity contribution in [2.75, 3.05) is 6.54 Å². The van der Waals surface area contributed by atoms with Gasteiger partial charge >= 0.3 is 0 Å². The number of aromatic nitrogens is 4. The molecular weight excluding hydrogens is 236 g/mol. The fourth-order valence-corrected chi connectivity index (χ4v) is 1.64. The van der Waals surface area contributed by atoms with Crippen LogP contribution in [0, 0.1) is 11.8 Å². The highest BCUT2D eigenvalue weighted by Crippen LogP contribution is 2.37. The Morgan fingerprint density at radius 3 is 2.83 bits per heavy atom. The first-order valence-electron chi connectivity index (χ1n) is 5.93. The van der Waals surface area contributed by atoms with Crippen LogP contribution >= 0.6 is 0 Å². The molecule has 2 unspecified atom stereocenters. The molecule has 2 amide bonds. The van der Waals surface area contributed by atoms with Crippen LogP contribution in [-0.2, 0) is 16.1 Å². The largest absolute Gasteiger partial charge is 0.355 e. The Kier molecular flexibility index (Phi) is 3.85. The number of hydrogen-bond donors (Lipinski definition) is 3. The van der Waals surface area contributed by atoms with Crippen LogP contribution in [0.25, 0.3) is 0 Å². The Morgan fingerprint density at radius 2 is 2.22 bits per heavy atom. The van der Waals surface area contributed by atoms with Gasteiger partial charge in [0.15, 0.2) is 5.82 Å². The van der Waals surface area contributed by atoms with Crippen LogP contribution in [0.4, 0.5) is 0 Å². The zero-order valence-electron chi connectivity index (χ0n) is 10.1. The van der Waals surface area contributed by atoms with Gasteiger partial charge in [-0.1, -0.05) is 12.1 Å². The standard InChI is InChI=1S/C10H16N6O2/c1-6-4-7(6)10(18)11-3-2-9(17)12-5-8-13-15-16-14-8/h6-7H,2-5H2,1H3,(H,11,18)(H,12,17)(H,13,14,15,16). The van der Waals surface area contributed by atoms with Gasteiger partial charge in [-0.15, -0.1) is 10.2 Å². The number of carbonyl (C=O) groups is 2. The third-order valence-electron chi connectivity index (χ3n) is 2.93. The van der Waals surface area contributed by atoms with Crippen molar-refractivity contribution >= 4 is 11.8 Å². The van der Waals surface area contributed by atoms with E-state index in [2.05, 4.69) is 31.3 Å². The molecule has 0 bridgehead atoms. The molecule has 18 heavy (non-hydrogen) atoms. The van der Waals surface area contributed by atoms with Crippen LogP contribution in [0.5, 0.6) is 0 Å². The summed E-state index contributed by atoms with van der Waals surface area (Å²) < 4.78 is 0. The Labute approximate surface area is 104 Å². The number of rotatable bonds is 6. The topological polar surface area (TPSA) is 113 Å². The fraction of sp³-hybridized carbons (Fsp3) is 0.700. The summed E-state index contributed by atoms with van der Waals surface area (Å²) in [4.78, 5) is 22.9. The van der Waals surface area contributed by atoms with Gasteiger partial charge in [0.25, 0.3) is 0 Å². The summed E-state index contributed by atoms with van der Waals surface area (Å²) in [5, 5.41) is 18.5. The smallest absolute Gasteiger partial charge is 0.223 e. The van der Waals surface area contributed by atoms with Crippen molar-refractivity contribution in [3.05, 3.63) is 5.82 Å². The summed E-state index contributed by atoms with van der Waals surface area (Å²) in [6.07, 6.45) is 1.21. The van der Waals surface area contributed by atoms with Crippen molar-refractivity contribution in [2.24, 2.45) is 11.8 Å². The Bertz CT molecular complexity index is 418. The van der Waals surface area contributed by atoms with E-state index in [1.54, 1.807) is 0 Å². The quantitative estimate of drug-likeness (QED) is 0.599. The molecular formula is C10H16N6O2. The van der Waals surface area contributed by atoms with E-state index in [-0.39, 0.29) is 30.7 Å². The van der Waals surface area contributed by atoms with Crippen LogP contribution in [0.3, 0.4) is 0 Å². The number of amides is 2. The van der Waals surface area contributed by atoms with E-state index in [4.69, 9.17) is 0 Å². The van der Waals surface area contributed by atoms with Crippen molar-refractivity contribution in [1.82, 2.24) is 31.3 Å². The van der Waals surface area contributed by atoms with Gasteiger partial charge in [-0.25, -0.2) is 0 Å². The van der Waals surface area contributed by atoms with E-state index in [1.807, 2.05) is 6.92 Å². The van der Waals surface area contributed by atoms with Crippen LogP contribution in [-0.4, -0.2) is 39.0 Å². The van der Waals surface area contributed by atoms with Gasteiger partial charge in [-0.2, -0.15) is 5.21 Å². The van der Waals surface area contributed by atoms with E-state index < -0.39 is 0 Å². The maximum absolute atomic E-state index is 11.5. The molecule has 1 aliphatic carbocycles. The van der Waals surface area contributed by atoms with Gasteiger partial charge in [0, 0.05) is 18.9 Å². The predicted molar refractivity (Wildman–Crippen MR) is 60.9 cm³/mol. The summed E-state index contributed by atoms with van der Waals surface area (Å²) in [6.45, 7) is 2.64. The molecule has 0 radical (unpaired) electrons. The highest BCUT2D eigenvalue weighted by Gasteiger charge is 2.38. The molecule has 98 valence electrons. The predicted octanol–water partition coefficient (Wildman–Crippen LogP) is -1.02. The molecule has 1 saturated carbocycles. The molecule has 1 aromatic heterocycles. The van der Waals surface area contributed by atoms with Gasteiger partial charge in [0.05, 0.1) is 6.54 Å². The number of nitrogens with one attached hydrogen (secondary N) is 3. The highest BCUT2D eigenvalue weighted by atomic mass is 16.2. The van der Waals surface area contributed by atoms with E-state index in [0.29, 0.717) is 18.3 Å². The lowest BCUT2D eigenvalue weighted by atomic mass is 10.3. The monoisotopic (exact) mass is 252 g/mol. The van der Waals surface area contributed by atoms with E-state index in [0.717, 1.165) is 6.42 Å². The number of hydrogen-bond acceptors (Lipinski definition) is 5. The van der Waals surface area contributed by atoms with Crippen molar-refractivity contribution in [3.8, 4) is 0 Å². The maximum atomic E-state index is 11.5. The van der Waals surface area contributed by atoms with Crippen molar-refractivity contribution in [2.45, 2.75) is 26.3 Å². The van der Waals surface area contributed by atoms with Crippen LogP contribution in [0.2, 0.25) is 0 Å². The minimum atomic E-state index is -0.149. The first-order chi connectivity index (χ1) is 8.66. The van der Waals surface area contributed by atoms with E-state index in [9.17, 15) is 9.59 Å². The van der Waals surface area contributed by atoms with Crippen molar-refractivity contribution in [1.29, 1.82) is 0 Å². The van der Waals surface area contributed by atoms with Gasteiger partial charge < -0.3 is 10.6 Å². The van der Waals surface area contributed by atoms with E-state index >= 15 is 0 Å². The molecule has 2 atom stereocenters.